The topological polar surface area (TPSA) is 86.8 Å². The van der Waals surface area contributed by atoms with Crippen LogP contribution in [0.15, 0.2) is 65.6 Å². The predicted octanol–water partition coefficient (Wildman–Crippen LogP) is 3.75. The van der Waals surface area contributed by atoms with E-state index in [4.69, 9.17) is 0 Å². The molecule has 2 amide bonds. The van der Waals surface area contributed by atoms with Crippen molar-refractivity contribution in [3.63, 3.8) is 0 Å². The molecule has 0 bridgehead atoms. The normalized spacial score (nSPS) is 18.2. The molecule has 0 radical (unpaired) electrons. The smallest absolute Gasteiger partial charge is 0.246 e. The molecule has 8 heteroatoms. The number of hydrogen-bond donors (Lipinski definition) is 1. The van der Waals surface area contributed by atoms with Gasteiger partial charge in [-0.25, -0.2) is 8.42 Å². The first-order chi connectivity index (χ1) is 16.4. The summed E-state index contributed by atoms with van der Waals surface area (Å²) in [5.41, 5.74) is 1.55. The third-order valence-electron chi connectivity index (χ3n) is 6.47. The maximum atomic E-state index is 12.8. The molecule has 2 aromatic carbocycles. The highest BCUT2D eigenvalue weighted by Crippen LogP contribution is 2.24. The van der Waals surface area contributed by atoms with Crippen LogP contribution in [0.25, 0.3) is 6.08 Å². The molecule has 0 aliphatic carbocycles. The van der Waals surface area contributed by atoms with Crippen LogP contribution in [-0.2, 0) is 19.6 Å². The van der Waals surface area contributed by atoms with Crippen molar-refractivity contribution in [3.8, 4) is 0 Å². The maximum Gasteiger partial charge on any atom is 0.246 e. The molecule has 0 unspecified atom stereocenters. The fourth-order valence-corrected chi connectivity index (χ4v) is 5.93. The first-order valence-electron chi connectivity index (χ1n) is 11.9. The summed E-state index contributed by atoms with van der Waals surface area (Å²) >= 11 is 0. The number of benzene rings is 2. The molecule has 2 heterocycles. The average Bonchev–Trinajstić information content (AvgIpc) is 2.89. The fraction of sp³-hybridized carbons (Fsp3) is 0.385. The predicted molar refractivity (Wildman–Crippen MR) is 132 cm³/mol. The van der Waals surface area contributed by atoms with Gasteiger partial charge in [-0.3, -0.25) is 9.59 Å². The van der Waals surface area contributed by atoms with E-state index in [1.807, 2.05) is 30.3 Å². The van der Waals surface area contributed by atoms with Gasteiger partial charge in [0.1, 0.15) is 0 Å². The van der Waals surface area contributed by atoms with Crippen LogP contribution in [0.1, 0.15) is 37.7 Å². The van der Waals surface area contributed by atoms with Crippen molar-refractivity contribution < 1.29 is 18.0 Å². The van der Waals surface area contributed by atoms with E-state index in [9.17, 15) is 18.0 Å². The lowest BCUT2D eigenvalue weighted by Crippen LogP contribution is -2.40. The minimum atomic E-state index is -3.49. The zero-order valence-electron chi connectivity index (χ0n) is 19.2. The second-order valence-corrected chi connectivity index (χ2v) is 10.8. The number of amides is 2. The Bertz CT molecular complexity index is 1120. The summed E-state index contributed by atoms with van der Waals surface area (Å²) < 4.78 is 27.1. The largest absolute Gasteiger partial charge is 0.339 e. The molecule has 2 aliphatic heterocycles. The van der Waals surface area contributed by atoms with Gasteiger partial charge in [-0.15, -0.1) is 0 Å². The number of sulfonamides is 1. The number of piperidine rings is 2. The standard InChI is InChI=1S/C26H31N3O4S/c30-25(14-9-21-7-3-1-4-8-21)28-19-15-22(16-20-28)26(31)27-23-10-12-24(13-11-23)34(32,33)29-17-5-2-6-18-29/h1,3-4,7-14,22H,2,5-6,15-20H2,(H,27,31)/b14-9+. The Hall–Kier alpha value is -2.97. The molecule has 2 aliphatic rings. The van der Waals surface area contributed by atoms with Crippen LogP contribution in [0.4, 0.5) is 5.69 Å². The van der Waals surface area contributed by atoms with Crippen LogP contribution < -0.4 is 5.32 Å². The quantitative estimate of drug-likeness (QED) is 0.637. The molecule has 2 fully saturated rings. The van der Waals surface area contributed by atoms with Crippen LogP contribution in [0, 0.1) is 5.92 Å². The van der Waals surface area contributed by atoms with Crippen LogP contribution >= 0.6 is 0 Å². The van der Waals surface area contributed by atoms with Gasteiger partial charge in [-0.05, 0) is 61.6 Å². The molecule has 180 valence electrons. The molecule has 2 saturated heterocycles. The maximum absolute atomic E-state index is 12.8. The molecular formula is C26H31N3O4S. The summed E-state index contributed by atoms with van der Waals surface area (Å²) in [5, 5.41) is 2.90. The van der Waals surface area contributed by atoms with Crippen molar-refractivity contribution in [2.75, 3.05) is 31.5 Å². The number of nitrogens with one attached hydrogen (secondary N) is 1. The Morgan fingerprint density at radius 3 is 2.15 bits per heavy atom. The minimum absolute atomic E-state index is 0.0479. The van der Waals surface area contributed by atoms with Gasteiger partial charge in [0.25, 0.3) is 0 Å². The Labute approximate surface area is 201 Å². The first kappa shape index (κ1) is 24.2. The van der Waals surface area contributed by atoms with E-state index in [0.717, 1.165) is 24.8 Å². The van der Waals surface area contributed by atoms with Crippen molar-refractivity contribution in [2.45, 2.75) is 37.0 Å². The van der Waals surface area contributed by atoms with E-state index in [0.29, 0.717) is 44.7 Å². The molecule has 2 aromatic rings. The Balaban J connectivity index is 1.27. The van der Waals surface area contributed by atoms with Gasteiger partial charge in [0.2, 0.25) is 21.8 Å². The van der Waals surface area contributed by atoms with Crippen molar-refractivity contribution in [1.82, 2.24) is 9.21 Å². The number of anilines is 1. The van der Waals surface area contributed by atoms with E-state index in [-0.39, 0.29) is 22.6 Å². The summed E-state index contributed by atoms with van der Waals surface area (Å²) in [4.78, 5) is 27.2. The fourth-order valence-electron chi connectivity index (χ4n) is 4.41. The summed E-state index contributed by atoms with van der Waals surface area (Å²) in [6, 6.07) is 16.1. The first-order valence-corrected chi connectivity index (χ1v) is 13.3. The second kappa shape index (κ2) is 11.0. The Morgan fingerprint density at radius 2 is 1.50 bits per heavy atom. The Morgan fingerprint density at radius 1 is 0.853 bits per heavy atom. The highest BCUT2D eigenvalue weighted by atomic mass is 32.2. The molecule has 0 saturated carbocycles. The van der Waals surface area contributed by atoms with Gasteiger partial charge in [0, 0.05) is 43.9 Å². The molecule has 1 N–H and O–H groups in total. The average molecular weight is 482 g/mol. The van der Waals surface area contributed by atoms with Crippen LogP contribution in [-0.4, -0.2) is 55.6 Å². The van der Waals surface area contributed by atoms with Crippen molar-refractivity contribution in [2.24, 2.45) is 5.92 Å². The van der Waals surface area contributed by atoms with Crippen molar-refractivity contribution >= 4 is 33.6 Å². The number of carbonyl (C=O) groups is 2. The zero-order valence-corrected chi connectivity index (χ0v) is 20.0. The lowest BCUT2D eigenvalue weighted by molar-refractivity contribution is -0.130. The van der Waals surface area contributed by atoms with E-state index in [1.165, 1.54) is 4.31 Å². The van der Waals surface area contributed by atoms with Gasteiger partial charge >= 0.3 is 0 Å². The SMILES string of the molecule is O=C(Nc1ccc(S(=O)(=O)N2CCCCC2)cc1)C1CCN(C(=O)/C=C/c2ccccc2)CC1. The van der Waals surface area contributed by atoms with Gasteiger partial charge in [0.15, 0.2) is 0 Å². The summed E-state index contributed by atoms with van der Waals surface area (Å²) in [6.07, 6.45) is 7.42. The van der Waals surface area contributed by atoms with Gasteiger partial charge in [-0.1, -0.05) is 36.8 Å². The third-order valence-corrected chi connectivity index (χ3v) is 8.38. The van der Waals surface area contributed by atoms with E-state index < -0.39 is 10.0 Å². The summed E-state index contributed by atoms with van der Waals surface area (Å²) in [6.45, 7) is 2.18. The third kappa shape index (κ3) is 5.93. The number of rotatable bonds is 6. The summed E-state index contributed by atoms with van der Waals surface area (Å²) in [7, 11) is -3.49. The number of likely N-dealkylation sites (tertiary alicyclic amines) is 1. The van der Waals surface area contributed by atoms with Crippen LogP contribution in [0.2, 0.25) is 0 Å². The number of nitrogens with zero attached hydrogens (tertiary/aromatic N) is 2. The van der Waals surface area contributed by atoms with Crippen LogP contribution in [0.5, 0.6) is 0 Å². The number of hydrogen-bond acceptors (Lipinski definition) is 4. The lowest BCUT2D eigenvalue weighted by Gasteiger charge is -2.30. The highest BCUT2D eigenvalue weighted by Gasteiger charge is 2.28. The minimum Gasteiger partial charge on any atom is -0.339 e. The second-order valence-electron chi connectivity index (χ2n) is 8.82. The van der Waals surface area contributed by atoms with Gasteiger partial charge in [0.05, 0.1) is 4.90 Å². The van der Waals surface area contributed by atoms with Crippen molar-refractivity contribution in [1.29, 1.82) is 0 Å². The number of carbonyl (C=O) groups excluding carboxylic acids is 2. The molecular weight excluding hydrogens is 450 g/mol. The molecule has 0 spiro atoms. The molecule has 0 aromatic heterocycles. The molecule has 0 atom stereocenters. The van der Waals surface area contributed by atoms with E-state index >= 15 is 0 Å². The zero-order chi connectivity index (χ0) is 24.0. The van der Waals surface area contributed by atoms with E-state index in [1.54, 1.807) is 41.3 Å². The molecule has 34 heavy (non-hydrogen) atoms. The molecule has 4 rings (SSSR count). The van der Waals surface area contributed by atoms with E-state index in [2.05, 4.69) is 5.32 Å². The van der Waals surface area contributed by atoms with Gasteiger partial charge < -0.3 is 10.2 Å². The highest BCUT2D eigenvalue weighted by molar-refractivity contribution is 7.89. The lowest BCUT2D eigenvalue weighted by atomic mass is 9.95. The Kier molecular flexibility index (Phi) is 7.80. The summed E-state index contributed by atoms with van der Waals surface area (Å²) in [5.74, 6) is -0.328. The van der Waals surface area contributed by atoms with Crippen molar-refractivity contribution in [3.05, 3.63) is 66.2 Å². The van der Waals surface area contributed by atoms with Gasteiger partial charge in [-0.2, -0.15) is 4.31 Å². The molecule has 7 nitrogen and oxygen atoms in total. The monoisotopic (exact) mass is 481 g/mol. The van der Waals surface area contributed by atoms with Crippen LogP contribution in [0.3, 0.4) is 0 Å².